The number of amides is 1. The van der Waals surface area contributed by atoms with Crippen LogP contribution in [-0.2, 0) is 4.79 Å². The summed E-state index contributed by atoms with van der Waals surface area (Å²) in [6, 6.07) is 0. The van der Waals surface area contributed by atoms with Gasteiger partial charge in [0.05, 0.1) is 0 Å². The Morgan fingerprint density at radius 3 is 2.00 bits per heavy atom. The summed E-state index contributed by atoms with van der Waals surface area (Å²) in [7, 11) is 0. The summed E-state index contributed by atoms with van der Waals surface area (Å²) < 4.78 is 0. The molecule has 4 N–H and O–H groups in total. The molecule has 0 rings (SSSR count). The molecule has 0 aromatic carbocycles. The third-order valence-corrected chi connectivity index (χ3v) is 0.391. The van der Waals surface area contributed by atoms with E-state index in [9.17, 15) is 4.79 Å². The molecule has 0 aliphatic rings. The monoisotopic (exact) mass is 112 g/mol. The van der Waals surface area contributed by atoms with Gasteiger partial charge in [0, 0.05) is 13.0 Å². The van der Waals surface area contributed by atoms with Crippen LogP contribution < -0.4 is 11.5 Å². The number of nitrogens with two attached hydrogens (primary N) is 2. The van der Waals surface area contributed by atoms with E-state index < -0.39 is 0 Å². The molecule has 38 valence electrons. The van der Waals surface area contributed by atoms with Gasteiger partial charge in [0.2, 0.25) is 5.91 Å². The molecule has 1 amide bonds. The van der Waals surface area contributed by atoms with Crippen LogP contribution in [0, 0.1) is 0 Å². The maximum absolute atomic E-state index is 9.74. The van der Waals surface area contributed by atoms with Crippen molar-refractivity contribution in [3.63, 3.8) is 0 Å². The Kier molecular flexibility index (Phi) is 9.57. The van der Waals surface area contributed by atoms with Crippen molar-refractivity contribution >= 4 is 35.5 Å². The van der Waals surface area contributed by atoms with E-state index in [0.717, 1.165) is 0 Å². The summed E-state index contributed by atoms with van der Waals surface area (Å²) >= 11 is 0. The van der Waals surface area contributed by atoms with Gasteiger partial charge in [0.25, 0.3) is 0 Å². The fourth-order valence-corrected chi connectivity index (χ4v) is 0.142. The van der Waals surface area contributed by atoms with E-state index >= 15 is 0 Å². The van der Waals surface area contributed by atoms with Gasteiger partial charge in [0.1, 0.15) is 0 Å². The van der Waals surface area contributed by atoms with Crippen molar-refractivity contribution in [3.8, 4) is 0 Å². The third-order valence-electron chi connectivity index (χ3n) is 0.391. The first-order chi connectivity index (χ1) is 2.77. The van der Waals surface area contributed by atoms with Crippen molar-refractivity contribution in [1.82, 2.24) is 0 Å². The van der Waals surface area contributed by atoms with E-state index in [1.54, 1.807) is 0 Å². The number of carbonyl (C=O) groups excluding carboxylic acids is 1. The minimum absolute atomic E-state index is 0. The van der Waals surface area contributed by atoms with E-state index in [2.05, 4.69) is 5.73 Å². The second-order valence-electron chi connectivity index (χ2n) is 1.00. The van der Waals surface area contributed by atoms with Gasteiger partial charge in [-0.1, -0.05) is 0 Å². The Morgan fingerprint density at radius 2 is 2.00 bits per heavy atom. The van der Waals surface area contributed by atoms with Crippen molar-refractivity contribution in [2.75, 3.05) is 6.54 Å². The summed E-state index contributed by atoms with van der Waals surface area (Å²) in [4.78, 5) is 9.74. The second kappa shape index (κ2) is 6.43. The van der Waals surface area contributed by atoms with Crippen LogP contribution in [0.5, 0.6) is 0 Å². The number of rotatable bonds is 2. The van der Waals surface area contributed by atoms with Crippen molar-refractivity contribution in [2.45, 2.75) is 6.42 Å². The first kappa shape index (κ1) is 10.4. The van der Waals surface area contributed by atoms with Gasteiger partial charge in [0.15, 0.2) is 0 Å². The van der Waals surface area contributed by atoms with E-state index in [4.69, 9.17) is 5.73 Å². The van der Waals surface area contributed by atoms with E-state index in [1.807, 2.05) is 0 Å². The molecule has 0 spiro atoms. The minimum atomic E-state index is -0.336. The van der Waals surface area contributed by atoms with Gasteiger partial charge >= 0.3 is 29.6 Å². The Balaban J connectivity index is 0. The van der Waals surface area contributed by atoms with Crippen LogP contribution in [-0.4, -0.2) is 42.0 Å². The van der Waals surface area contributed by atoms with Crippen LogP contribution in [0.4, 0.5) is 0 Å². The number of carbonyl (C=O) groups is 1. The number of hydrogen-bond donors (Lipinski definition) is 2. The van der Waals surface area contributed by atoms with Crippen LogP contribution in [0.1, 0.15) is 6.42 Å². The van der Waals surface area contributed by atoms with Crippen molar-refractivity contribution in [2.24, 2.45) is 11.5 Å². The maximum atomic E-state index is 9.74. The van der Waals surface area contributed by atoms with Crippen LogP contribution in [0.15, 0.2) is 0 Å². The molecule has 4 heteroatoms. The number of primary amides is 1. The predicted octanol–water partition coefficient (Wildman–Crippen LogP) is -1.83. The molecule has 0 radical (unpaired) electrons. The van der Waals surface area contributed by atoms with Gasteiger partial charge in [-0.05, 0) is 0 Å². The first-order valence-corrected chi connectivity index (χ1v) is 1.75. The molecule has 0 saturated carbocycles. The molecule has 0 fully saturated rings. The Labute approximate surface area is 64.7 Å². The van der Waals surface area contributed by atoms with Crippen LogP contribution >= 0.6 is 0 Å². The molecular formula is C3H9N2NaO. The molecule has 0 aromatic heterocycles. The predicted molar refractivity (Wildman–Crippen MR) is 30.0 cm³/mol. The van der Waals surface area contributed by atoms with Crippen LogP contribution in [0.3, 0.4) is 0 Å². The van der Waals surface area contributed by atoms with Gasteiger partial charge in [-0.2, -0.15) is 0 Å². The summed E-state index contributed by atoms with van der Waals surface area (Å²) in [5, 5.41) is 0. The van der Waals surface area contributed by atoms with Crippen LogP contribution in [0.25, 0.3) is 0 Å². The first-order valence-electron chi connectivity index (χ1n) is 1.75. The summed E-state index contributed by atoms with van der Waals surface area (Å²) in [6.45, 7) is 0.356. The van der Waals surface area contributed by atoms with E-state index in [1.165, 1.54) is 0 Å². The molecule has 0 saturated heterocycles. The molecule has 0 aliphatic carbocycles. The van der Waals surface area contributed by atoms with E-state index in [0.29, 0.717) is 13.0 Å². The van der Waals surface area contributed by atoms with Gasteiger partial charge in [-0.25, -0.2) is 0 Å². The molecule has 0 unspecified atom stereocenters. The second-order valence-corrected chi connectivity index (χ2v) is 1.00. The topological polar surface area (TPSA) is 69.1 Å². The van der Waals surface area contributed by atoms with Crippen molar-refractivity contribution < 1.29 is 4.79 Å². The van der Waals surface area contributed by atoms with E-state index in [-0.39, 0.29) is 35.5 Å². The SMILES string of the molecule is NCCC(N)=O.[NaH]. The van der Waals surface area contributed by atoms with Gasteiger partial charge in [-0.15, -0.1) is 0 Å². The summed E-state index contributed by atoms with van der Waals surface area (Å²) in [5.74, 6) is -0.336. The molecule has 0 aromatic rings. The average molecular weight is 112 g/mol. The molecule has 0 aliphatic heterocycles. The Bertz CT molecular complexity index is 56.9. The van der Waals surface area contributed by atoms with Gasteiger partial charge in [-0.3, -0.25) is 4.79 Å². The molecule has 7 heavy (non-hydrogen) atoms. The molecule has 0 bridgehead atoms. The van der Waals surface area contributed by atoms with Crippen molar-refractivity contribution in [3.05, 3.63) is 0 Å². The normalized spacial score (nSPS) is 7.00. The number of hydrogen-bond acceptors (Lipinski definition) is 2. The zero-order valence-electron chi connectivity index (χ0n) is 3.48. The molecule has 0 atom stereocenters. The summed E-state index contributed by atoms with van der Waals surface area (Å²) in [6.07, 6.45) is 0.292. The van der Waals surface area contributed by atoms with Crippen molar-refractivity contribution in [1.29, 1.82) is 0 Å². The van der Waals surface area contributed by atoms with Gasteiger partial charge < -0.3 is 11.5 Å². The summed E-state index contributed by atoms with van der Waals surface area (Å²) in [5.41, 5.74) is 9.61. The zero-order chi connectivity index (χ0) is 4.99. The average Bonchev–Trinajstić information content (AvgIpc) is 1.35. The Hall–Kier alpha value is 0.430. The van der Waals surface area contributed by atoms with Crippen LogP contribution in [0.2, 0.25) is 0 Å². The fourth-order valence-electron chi connectivity index (χ4n) is 0.142. The zero-order valence-corrected chi connectivity index (χ0v) is 3.48. The Morgan fingerprint density at radius 1 is 1.57 bits per heavy atom. The fraction of sp³-hybridized carbons (Fsp3) is 0.667. The molecular weight excluding hydrogens is 103 g/mol. The standard InChI is InChI=1S/C3H8N2O.Na.H/c4-2-1-3(5)6;;/h1-2,4H2,(H2,5,6);;. The molecule has 0 heterocycles. The third kappa shape index (κ3) is 10.7. The quantitative estimate of drug-likeness (QED) is 0.412. The molecule has 3 nitrogen and oxygen atoms in total.